The van der Waals surface area contributed by atoms with Gasteiger partial charge in [0.2, 0.25) is 10.7 Å². The second-order valence-corrected chi connectivity index (χ2v) is 5.81. The van der Waals surface area contributed by atoms with Crippen molar-refractivity contribution in [1.29, 1.82) is 0 Å². The van der Waals surface area contributed by atoms with Gasteiger partial charge in [-0.15, -0.1) is 0 Å². The van der Waals surface area contributed by atoms with Gasteiger partial charge < -0.3 is 5.73 Å². The molecule has 1 saturated heterocycles. The highest BCUT2D eigenvalue weighted by atomic mass is 32.1. The minimum atomic E-state index is -0.203. The summed E-state index contributed by atoms with van der Waals surface area (Å²) in [5.41, 5.74) is 6.25. The number of rotatable bonds is 4. The molecular formula is C14H18N6OS. The van der Waals surface area contributed by atoms with Gasteiger partial charge in [-0.2, -0.15) is 4.68 Å². The zero-order chi connectivity index (χ0) is 15.5. The van der Waals surface area contributed by atoms with E-state index < -0.39 is 0 Å². The van der Waals surface area contributed by atoms with Crippen molar-refractivity contribution in [2.75, 3.05) is 13.1 Å². The van der Waals surface area contributed by atoms with Gasteiger partial charge >= 0.3 is 0 Å². The third-order valence-electron chi connectivity index (χ3n) is 3.96. The number of nitrogens with two attached hydrogens (primary N) is 1. The quantitative estimate of drug-likeness (QED) is 0.849. The number of para-hydroxylation sites is 1. The van der Waals surface area contributed by atoms with Crippen LogP contribution >= 0.6 is 12.2 Å². The predicted octanol–water partition coefficient (Wildman–Crippen LogP) is 0.953. The first-order chi connectivity index (χ1) is 10.6. The number of piperidine rings is 1. The Labute approximate surface area is 133 Å². The van der Waals surface area contributed by atoms with Gasteiger partial charge in [0.1, 0.15) is 0 Å². The molecule has 3 rings (SSSR count). The first-order valence-corrected chi connectivity index (χ1v) is 7.66. The lowest BCUT2D eigenvalue weighted by molar-refractivity contribution is -0.123. The summed E-state index contributed by atoms with van der Waals surface area (Å²) in [4.78, 5) is 13.4. The molecule has 0 aliphatic carbocycles. The van der Waals surface area contributed by atoms with Crippen molar-refractivity contribution in [3.8, 4) is 5.69 Å². The smallest absolute Gasteiger partial charge is 0.221 e. The standard InChI is InChI=1S/C14H18N6OS/c15-13(21)11-6-8-18(9-7-11)10-19-14(22)20(17-16-19)12-4-2-1-3-5-12/h1-5,11H,6-10H2,(H2,15,21). The maximum atomic E-state index is 11.2. The molecule has 1 aliphatic heterocycles. The Morgan fingerprint density at radius 1 is 1.23 bits per heavy atom. The lowest BCUT2D eigenvalue weighted by Gasteiger charge is -2.29. The molecule has 2 heterocycles. The Bertz CT molecular complexity index is 702. The van der Waals surface area contributed by atoms with Gasteiger partial charge in [0.15, 0.2) is 0 Å². The number of likely N-dealkylation sites (tertiary alicyclic amines) is 1. The van der Waals surface area contributed by atoms with Crippen LogP contribution in [0.2, 0.25) is 0 Å². The first kappa shape index (κ1) is 14.9. The molecule has 1 amide bonds. The molecule has 2 aromatic rings. The van der Waals surface area contributed by atoms with Gasteiger partial charge in [-0.25, -0.2) is 4.68 Å². The molecule has 116 valence electrons. The lowest BCUT2D eigenvalue weighted by atomic mass is 9.97. The summed E-state index contributed by atoms with van der Waals surface area (Å²) in [6.45, 7) is 2.21. The summed E-state index contributed by atoms with van der Waals surface area (Å²) in [7, 11) is 0. The van der Waals surface area contributed by atoms with Crippen LogP contribution in [0.15, 0.2) is 30.3 Å². The Hall–Kier alpha value is -2.06. The molecule has 1 aromatic heterocycles. The summed E-state index contributed by atoms with van der Waals surface area (Å²) in [5.74, 6) is -0.212. The molecule has 1 aromatic carbocycles. The fourth-order valence-corrected chi connectivity index (χ4v) is 2.88. The van der Waals surface area contributed by atoms with Crippen LogP contribution in [-0.2, 0) is 11.5 Å². The third kappa shape index (κ3) is 3.07. The second-order valence-electron chi connectivity index (χ2n) is 5.44. The molecule has 0 unspecified atom stereocenters. The van der Waals surface area contributed by atoms with Crippen molar-refractivity contribution in [3.63, 3.8) is 0 Å². The molecule has 1 fully saturated rings. The summed E-state index contributed by atoms with van der Waals surface area (Å²) in [6.07, 6.45) is 1.57. The number of primary amides is 1. The van der Waals surface area contributed by atoms with E-state index in [9.17, 15) is 4.79 Å². The molecule has 7 nitrogen and oxygen atoms in total. The van der Waals surface area contributed by atoms with Crippen LogP contribution in [0, 0.1) is 10.7 Å². The largest absolute Gasteiger partial charge is 0.369 e. The maximum absolute atomic E-state index is 11.2. The van der Waals surface area contributed by atoms with E-state index >= 15 is 0 Å². The molecule has 0 bridgehead atoms. The highest BCUT2D eigenvalue weighted by Crippen LogP contribution is 2.17. The normalized spacial score (nSPS) is 16.7. The van der Waals surface area contributed by atoms with E-state index in [2.05, 4.69) is 15.3 Å². The predicted molar refractivity (Wildman–Crippen MR) is 83.7 cm³/mol. The molecule has 0 atom stereocenters. The van der Waals surface area contributed by atoms with Crippen LogP contribution in [0.3, 0.4) is 0 Å². The molecule has 22 heavy (non-hydrogen) atoms. The van der Waals surface area contributed by atoms with Gasteiger partial charge in [0.25, 0.3) is 0 Å². The molecule has 2 N–H and O–H groups in total. The van der Waals surface area contributed by atoms with Gasteiger partial charge in [0.05, 0.1) is 12.4 Å². The first-order valence-electron chi connectivity index (χ1n) is 7.25. The van der Waals surface area contributed by atoms with E-state index in [0.29, 0.717) is 11.4 Å². The van der Waals surface area contributed by atoms with E-state index in [-0.39, 0.29) is 11.8 Å². The average Bonchev–Trinajstić information content (AvgIpc) is 2.90. The van der Waals surface area contributed by atoms with E-state index in [1.54, 1.807) is 9.36 Å². The fraction of sp³-hybridized carbons (Fsp3) is 0.429. The number of hydrogen-bond acceptors (Lipinski definition) is 5. The summed E-state index contributed by atoms with van der Waals surface area (Å²) < 4.78 is 3.90. The van der Waals surface area contributed by atoms with Gasteiger partial charge in [-0.05, 0) is 47.6 Å². The van der Waals surface area contributed by atoms with Crippen molar-refractivity contribution in [1.82, 2.24) is 24.7 Å². The molecule has 0 saturated carbocycles. The minimum absolute atomic E-state index is 0.00998. The van der Waals surface area contributed by atoms with Crippen molar-refractivity contribution < 1.29 is 4.79 Å². The molecule has 1 aliphatic rings. The van der Waals surface area contributed by atoms with E-state index in [1.807, 2.05) is 30.3 Å². The highest BCUT2D eigenvalue weighted by Gasteiger charge is 2.23. The van der Waals surface area contributed by atoms with Crippen LogP contribution in [0.5, 0.6) is 0 Å². The number of hydrogen-bond donors (Lipinski definition) is 1. The van der Waals surface area contributed by atoms with Crippen LogP contribution in [0.4, 0.5) is 0 Å². The Kier molecular flexibility index (Phi) is 4.30. The molecule has 8 heteroatoms. The average molecular weight is 318 g/mol. The van der Waals surface area contributed by atoms with Crippen molar-refractivity contribution in [2.24, 2.45) is 11.7 Å². The molecular weight excluding hydrogens is 300 g/mol. The fourth-order valence-electron chi connectivity index (χ4n) is 2.64. The van der Waals surface area contributed by atoms with Gasteiger partial charge in [-0.1, -0.05) is 18.2 Å². The van der Waals surface area contributed by atoms with Crippen LogP contribution in [0.1, 0.15) is 12.8 Å². The van der Waals surface area contributed by atoms with E-state index in [1.165, 1.54) is 0 Å². The SMILES string of the molecule is NC(=O)C1CCN(Cn2nnn(-c3ccccc3)c2=S)CC1. The number of nitrogens with zero attached hydrogens (tertiary/aromatic N) is 5. The maximum Gasteiger partial charge on any atom is 0.221 e. The summed E-state index contributed by atoms with van der Waals surface area (Å²) in [6, 6.07) is 9.69. The Balaban J connectivity index is 1.69. The molecule has 0 radical (unpaired) electrons. The molecule has 0 spiro atoms. The monoisotopic (exact) mass is 318 g/mol. The van der Waals surface area contributed by atoms with Crippen LogP contribution in [-0.4, -0.2) is 43.7 Å². The highest BCUT2D eigenvalue weighted by molar-refractivity contribution is 7.71. The second kappa shape index (κ2) is 6.37. The number of benzene rings is 1. The summed E-state index contributed by atoms with van der Waals surface area (Å²) >= 11 is 5.44. The Morgan fingerprint density at radius 3 is 2.55 bits per heavy atom. The minimum Gasteiger partial charge on any atom is -0.369 e. The van der Waals surface area contributed by atoms with Crippen molar-refractivity contribution in [3.05, 3.63) is 35.1 Å². The van der Waals surface area contributed by atoms with Crippen LogP contribution in [0.25, 0.3) is 5.69 Å². The van der Waals surface area contributed by atoms with Crippen molar-refractivity contribution in [2.45, 2.75) is 19.5 Å². The number of carbonyl (C=O) groups excluding carboxylic acids is 1. The van der Waals surface area contributed by atoms with Gasteiger partial charge in [0, 0.05) is 19.0 Å². The number of aromatic nitrogens is 4. The summed E-state index contributed by atoms with van der Waals surface area (Å²) in [5, 5.41) is 8.25. The lowest BCUT2D eigenvalue weighted by Crippen LogP contribution is -2.39. The van der Waals surface area contributed by atoms with Crippen molar-refractivity contribution >= 4 is 18.1 Å². The number of carbonyl (C=O) groups is 1. The zero-order valence-electron chi connectivity index (χ0n) is 12.1. The number of amides is 1. The number of tetrazole rings is 1. The van der Waals surface area contributed by atoms with Gasteiger partial charge in [-0.3, -0.25) is 9.69 Å². The zero-order valence-corrected chi connectivity index (χ0v) is 12.9. The third-order valence-corrected chi connectivity index (χ3v) is 4.35. The van der Waals surface area contributed by atoms with E-state index in [0.717, 1.165) is 31.6 Å². The van der Waals surface area contributed by atoms with E-state index in [4.69, 9.17) is 18.0 Å². The Morgan fingerprint density at radius 2 is 1.91 bits per heavy atom. The van der Waals surface area contributed by atoms with Crippen LogP contribution < -0.4 is 5.73 Å². The topological polar surface area (TPSA) is 82.0 Å².